The van der Waals surface area contributed by atoms with Crippen molar-refractivity contribution in [1.29, 1.82) is 0 Å². The lowest BCUT2D eigenvalue weighted by molar-refractivity contribution is -0.123. The molecular weight excluding hydrogens is 402 g/mol. The molecule has 4 aliphatic rings. The third-order valence-corrected chi connectivity index (χ3v) is 7.72. The largest absolute Gasteiger partial charge is 0.478 e. The first-order valence-electron chi connectivity index (χ1n) is 10.9. The van der Waals surface area contributed by atoms with Crippen LogP contribution in [0, 0.1) is 11.8 Å². The molecule has 0 spiro atoms. The number of carboxylic acids is 1. The number of carbonyl (C=O) groups is 3. The quantitative estimate of drug-likeness (QED) is 0.636. The van der Waals surface area contributed by atoms with E-state index in [2.05, 4.69) is 31.2 Å². The molecule has 5 nitrogen and oxygen atoms in total. The molecule has 3 aromatic carbocycles. The molecule has 0 radical (unpaired) electrons. The number of aromatic carboxylic acids is 1. The number of imide groups is 1. The van der Waals surface area contributed by atoms with Gasteiger partial charge in [-0.05, 0) is 52.9 Å². The predicted molar refractivity (Wildman–Crippen MR) is 119 cm³/mol. The minimum Gasteiger partial charge on any atom is -0.478 e. The van der Waals surface area contributed by atoms with Crippen LogP contribution in [0.15, 0.2) is 72.8 Å². The van der Waals surface area contributed by atoms with E-state index < -0.39 is 23.2 Å². The maximum atomic E-state index is 13.9. The molecule has 0 aromatic heterocycles. The molecule has 1 heterocycles. The minimum absolute atomic E-state index is 0.121. The molecule has 2 amide bonds. The third kappa shape index (κ3) is 2.11. The van der Waals surface area contributed by atoms with Crippen LogP contribution < -0.4 is 4.90 Å². The van der Waals surface area contributed by atoms with Crippen LogP contribution in [-0.4, -0.2) is 22.9 Å². The first-order chi connectivity index (χ1) is 15.5. The van der Waals surface area contributed by atoms with E-state index in [9.17, 15) is 19.5 Å². The Morgan fingerprint density at radius 1 is 0.875 bits per heavy atom. The van der Waals surface area contributed by atoms with Gasteiger partial charge in [-0.3, -0.25) is 9.59 Å². The molecule has 5 heteroatoms. The lowest BCUT2D eigenvalue weighted by atomic mass is 9.46. The first-order valence-corrected chi connectivity index (χ1v) is 10.9. The van der Waals surface area contributed by atoms with Crippen molar-refractivity contribution in [2.45, 2.75) is 24.7 Å². The van der Waals surface area contributed by atoms with Crippen molar-refractivity contribution in [3.63, 3.8) is 0 Å². The summed E-state index contributed by atoms with van der Waals surface area (Å²) in [5.41, 5.74) is 4.56. The molecule has 2 atom stereocenters. The van der Waals surface area contributed by atoms with Crippen molar-refractivity contribution in [3.05, 3.63) is 101 Å². The van der Waals surface area contributed by atoms with Crippen LogP contribution in [0.1, 0.15) is 51.9 Å². The average molecular weight is 423 g/mol. The molecule has 3 aliphatic carbocycles. The average Bonchev–Trinajstić information content (AvgIpc) is 3.10. The topological polar surface area (TPSA) is 74.7 Å². The molecule has 1 aliphatic heterocycles. The van der Waals surface area contributed by atoms with Crippen molar-refractivity contribution in [3.8, 4) is 0 Å². The lowest BCUT2D eigenvalue weighted by Crippen LogP contribution is -2.53. The Bertz CT molecular complexity index is 1260. The zero-order valence-corrected chi connectivity index (χ0v) is 17.5. The monoisotopic (exact) mass is 423 g/mol. The Hall–Kier alpha value is -3.73. The maximum Gasteiger partial charge on any atom is 0.335 e. The van der Waals surface area contributed by atoms with Crippen LogP contribution in [0.4, 0.5) is 5.69 Å². The van der Waals surface area contributed by atoms with Gasteiger partial charge in [-0.15, -0.1) is 0 Å². The summed E-state index contributed by atoms with van der Waals surface area (Å²) in [5.74, 6) is -2.55. The Morgan fingerprint density at radius 2 is 1.44 bits per heavy atom. The Morgan fingerprint density at radius 3 is 1.97 bits per heavy atom. The molecule has 1 fully saturated rings. The highest BCUT2D eigenvalue weighted by Gasteiger charge is 2.67. The van der Waals surface area contributed by atoms with E-state index in [0.29, 0.717) is 12.1 Å². The van der Waals surface area contributed by atoms with E-state index in [4.69, 9.17) is 0 Å². The number of rotatable bonds is 3. The van der Waals surface area contributed by atoms with Crippen LogP contribution in [0.3, 0.4) is 0 Å². The summed E-state index contributed by atoms with van der Waals surface area (Å²) < 4.78 is 0. The standard InChI is InChI=1S/C27H21NO4/c1-2-27-19-9-5-3-7-17(19)21(18-8-4-6-10-20(18)27)22-23(27)25(30)28(24(22)29)16-13-11-15(12-14-16)26(31)32/h3-14,21-23H,2H2,1H3,(H,31,32)/t21?,22-,23+,27?/m1/s1. The molecule has 7 rings (SSSR count). The second kappa shape index (κ2) is 6.39. The van der Waals surface area contributed by atoms with Gasteiger partial charge in [0.2, 0.25) is 11.8 Å². The maximum absolute atomic E-state index is 13.9. The summed E-state index contributed by atoms with van der Waals surface area (Å²) in [7, 11) is 0. The van der Waals surface area contributed by atoms with Crippen molar-refractivity contribution < 1.29 is 19.5 Å². The number of carboxylic acid groups (broad SMARTS) is 1. The highest BCUT2D eigenvalue weighted by atomic mass is 16.4. The summed E-state index contributed by atoms with van der Waals surface area (Å²) in [4.78, 5) is 40.3. The zero-order chi connectivity index (χ0) is 22.2. The summed E-state index contributed by atoms with van der Waals surface area (Å²) in [6.07, 6.45) is 0.708. The molecule has 32 heavy (non-hydrogen) atoms. The van der Waals surface area contributed by atoms with Crippen LogP contribution >= 0.6 is 0 Å². The van der Waals surface area contributed by atoms with Gasteiger partial charge in [-0.2, -0.15) is 0 Å². The Kier molecular flexibility index (Phi) is 3.79. The molecule has 0 saturated carbocycles. The van der Waals surface area contributed by atoms with E-state index in [-0.39, 0.29) is 23.3 Å². The van der Waals surface area contributed by atoms with Crippen molar-refractivity contribution in [2.24, 2.45) is 11.8 Å². The second-order valence-electron chi connectivity index (χ2n) is 8.84. The number of amides is 2. The van der Waals surface area contributed by atoms with Crippen LogP contribution in [-0.2, 0) is 15.0 Å². The van der Waals surface area contributed by atoms with Gasteiger partial charge in [-0.1, -0.05) is 55.5 Å². The van der Waals surface area contributed by atoms with Gasteiger partial charge in [0.05, 0.1) is 23.1 Å². The summed E-state index contributed by atoms with van der Waals surface area (Å²) in [6.45, 7) is 2.10. The summed E-state index contributed by atoms with van der Waals surface area (Å²) in [6, 6.07) is 22.4. The summed E-state index contributed by atoms with van der Waals surface area (Å²) in [5, 5.41) is 9.21. The first kappa shape index (κ1) is 19.0. The second-order valence-corrected chi connectivity index (χ2v) is 8.84. The fraction of sp³-hybridized carbons (Fsp3) is 0.222. The lowest BCUT2D eigenvalue weighted by Gasteiger charge is -2.54. The summed E-state index contributed by atoms with van der Waals surface area (Å²) >= 11 is 0. The number of anilines is 1. The van der Waals surface area contributed by atoms with Gasteiger partial charge in [0.1, 0.15) is 0 Å². The van der Waals surface area contributed by atoms with Gasteiger partial charge < -0.3 is 5.11 Å². The highest BCUT2D eigenvalue weighted by Crippen LogP contribution is 2.65. The fourth-order valence-corrected chi connectivity index (χ4v) is 6.54. The van der Waals surface area contributed by atoms with E-state index >= 15 is 0 Å². The van der Waals surface area contributed by atoms with Gasteiger partial charge in [0.15, 0.2) is 0 Å². The van der Waals surface area contributed by atoms with E-state index in [1.807, 2.05) is 24.3 Å². The predicted octanol–water partition coefficient (Wildman–Crippen LogP) is 4.35. The zero-order valence-electron chi connectivity index (χ0n) is 17.5. The van der Waals surface area contributed by atoms with E-state index in [1.54, 1.807) is 12.1 Å². The van der Waals surface area contributed by atoms with Crippen LogP contribution in [0.5, 0.6) is 0 Å². The smallest absolute Gasteiger partial charge is 0.335 e. The normalized spacial score (nSPS) is 27.2. The van der Waals surface area contributed by atoms with Crippen molar-refractivity contribution >= 4 is 23.5 Å². The number of carbonyl (C=O) groups excluding carboxylic acids is 2. The number of nitrogens with zero attached hydrogens (tertiary/aromatic N) is 1. The number of benzene rings is 3. The van der Waals surface area contributed by atoms with Gasteiger partial charge in [0.25, 0.3) is 0 Å². The number of hydrogen-bond donors (Lipinski definition) is 1. The van der Waals surface area contributed by atoms with Crippen LogP contribution in [0.2, 0.25) is 0 Å². The van der Waals surface area contributed by atoms with Crippen molar-refractivity contribution in [2.75, 3.05) is 4.90 Å². The molecule has 3 aromatic rings. The van der Waals surface area contributed by atoms with Gasteiger partial charge in [0, 0.05) is 11.3 Å². The molecular formula is C27H21NO4. The highest BCUT2D eigenvalue weighted by molar-refractivity contribution is 6.23. The van der Waals surface area contributed by atoms with Gasteiger partial charge in [-0.25, -0.2) is 9.69 Å². The molecule has 0 unspecified atom stereocenters. The molecule has 1 saturated heterocycles. The molecule has 1 N–H and O–H groups in total. The van der Waals surface area contributed by atoms with Gasteiger partial charge >= 0.3 is 5.97 Å². The van der Waals surface area contributed by atoms with E-state index in [1.165, 1.54) is 17.0 Å². The Balaban J connectivity index is 1.58. The number of hydrogen-bond acceptors (Lipinski definition) is 3. The minimum atomic E-state index is -1.04. The van der Waals surface area contributed by atoms with Crippen LogP contribution in [0.25, 0.3) is 0 Å². The third-order valence-electron chi connectivity index (χ3n) is 7.72. The Labute approximate surface area is 185 Å². The molecule has 2 bridgehead atoms. The fourth-order valence-electron chi connectivity index (χ4n) is 6.54. The van der Waals surface area contributed by atoms with E-state index in [0.717, 1.165) is 22.3 Å². The molecule has 158 valence electrons. The SMILES string of the molecule is CCC12c3ccccc3C(c3ccccc31)[C@H]1C(=O)N(c3ccc(C(=O)O)cc3)C(=O)[C@H]12. The van der Waals surface area contributed by atoms with Crippen molar-refractivity contribution in [1.82, 2.24) is 0 Å².